The van der Waals surface area contributed by atoms with Gasteiger partial charge in [0.25, 0.3) is 0 Å². The maximum absolute atomic E-state index is 11.4. The number of amides is 6. The van der Waals surface area contributed by atoms with Gasteiger partial charge in [-0.15, -0.1) is 0 Å². The summed E-state index contributed by atoms with van der Waals surface area (Å²) < 4.78 is 0. The molecule has 6 amide bonds. The molecule has 0 aromatic carbocycles. The number of rotatable bonds is 9. The SMILES string of the molecule is CCC(C(N)=O)N1CC(C)CC1=O.CC[C@@H](C(N)=O)N1CC(C)CC1=O.CC[C@@H](C(N)=O)N1CC(C)CC1=O. The molecule has 3 aliphatic rings. The Balaban J connectivity index is 0.000000292. The monoisotopic (exact) mass is 552 g/mol. The van der Waals surface area contributed by atoms with Crippen molar-refractivity contribution in [3.05, 3.63) is 0 Å². The van der Waals surface area contributed by atoms with E-state index in [9.17, 15) is 28.8 Å². The van der Waals surface area contributed by atoms with Crippen molar-refractivity contribution < 1.29 is 28.8 Å². The summed E-state index contributed by atoms with van der Waals surface area (Å²) in [6, 6.07) is -1.22. The van der Waals surface area contributed by atoms with Gasteiger partial charge in [0.15, 0.2) is 0 Å². The zero-order chi connectivity index (χ0) is 30.0. The van der Waals surface area contributed by atoms with Crippen molar-refractivity contribution >= 4 is 35.4 Å². The summed E-state index contributed by atoms with van der Waals surface area (Å²) in [6.45, 7) is 13.6. The van der Waals surface area contributed by atoms with E-state index in [-0.39, 0.29) is 17.7 Å². The average Bonchev–Trinajstić information content (AvgIpc) is 3.45. The fourth-order valence-electron chi connectivity index (χ4n) is 5.38. The predicted octanol–water partition coefficient (Wildman–Crippen LogP) is 0.356. The maximum Gasteiger partial charge on any atom is 0.240 e. The Bertz CT molecular complexity index is 797. The summed E-state index contributed by atoms with van der Waals surface area (Å²) in [5.74, 6) is 0.0111. The van der Waals surface area contributed by atoms with Crippen LogP contribution >= 0.6 is 0 Å². The molecule has 0 spiro atoms. The van der Waals surface area contributed by atoms with Crippen LogP contribution in [0.25, 0.3) is 0 Å². The first-order chi connectivity index (χ1) is 18.2. The summed E-state index contributed by atoms with van der Waals surface area (Å²) in [4.78, 5) is 72.0. The summed E-state index contributed by atoms with van der Waals surface area (Å²) in [7, 11) is 0. The zero-order valence-corrected chi connectivity index (χ0v) is 24.4. The topological polar surface area (TPSA) is 190 Å². The maximum atomic E-state index is 11.4. The van der Waals surface area contributed by atoms with Gasteiger partial charge in [-0.1, -0.05) is 41.5 Å². The van der Waals surface area contributed by atoms with Crippen LogP contribution in [0.4, 0.5) is 0 Å². The van der Waals surface area contributed by atoms with E-state index >= 15 is 0 Å². The van der Waals surface area contributed by atoms with E-state index in [0.29, 0.717) is 75.9 Å². The third-order valence-electron chi connectivity index (χ3n) is 7.33. The summed E-state index contributed by atoms with van der Waals surface area (Å²) in [5, 5.41) is 0. The molecule has 6 N–H and O–H groups in total. The highest BCUT2D eigenvalue weighted by Crippen LogP contribution is 2.22. The zero-order valence-electron chi connectivity index (χ0n) is 24.4. The van der Waals surface area contributed by atoms with Gasteiger partial charge in [-0.3, -0.25) is 28.8 Å². The fourth-order valence-corrected chi connectivity index (χ4v) is 5.38. The molecule has 39 heavy (non-hydrogen) atoms. The van der Waals surface area contributed by atoms with Gasteiger partial charge in [-0.2, -0.15) is 0 Å². The second kappa shape index (κ2) is 15.4. The highest BCUT2D eigenvalue weighted by molar-refractivity contribution is 5.89. The van der Waals surface area contributed by atoms with E-state index < -0.39 is 35.8 Å². The number of nitrogens with zero attached hydrogens (tertiary/aromatic N) is 3. The molecule has 3 heterocycles. The Morgan fingerprint density at radius 3 is 0.897 bits per heavy atom. The molecular weight excluding hydrogens is 504 g/mol. The van der Waals surface area contributed by atoms with E-state index in [4.69, 9.17) is 17.2 Å². The van der Waals surface area contributed by atoms with Gasteiger partial charge < -0.3 is 31.9 Å². The summed E-state index contributed by atoms with van der Waals surface area (Å²) >= 11 is 0. The first-order valence-electron chi connectivity index (χ1n) is 13.9. The van der Waals surface area contributed by atoms with Crippen LogP contribution in [0, 0.1) is 17.8 Å². The Hall–Kier alpha value is -3.18. The van der Waals surface area contributed by atoms with E-state index in [0.717, 1.165) is 0 Å². The molecule has 0 bridgehead atoms. The lowest BCUT2D eigenvalue weighted by molar-refractivity contribution is -0.136. The van der Waals surface area contributed by atoms with E-state index in [1.807, 2.05) is 41.5 Å². The van der Waals surface area contributed by atoms with Crippen molar-refractivity contribution in [2.24, 2.45) is 35.0 Å². The number of nitrogens with two attached hydrogens (primary N) is 3. The molecule has 0 radical (unpaired) electrons. The number of carbonyl (C=O) groups is 6. The minimum Gasteiger partial charge on any atom is -0.368 e. The first-order valence-corrected chi connectivity index (χ1v) is 13.9. The molecule has 3 aliphatic heterocycles. The number of hydrogen-bond donors (Lipinski definition) is 3. The van der Waals surface area contributed by atoms with Crippen LogP contribution in [0.1, 0.15) is 80.1 Å². The molecule has 4 unspecified atom stereocenters. The molecule has 3 rings (SSSR count). The quantitative estimate of drug-likeness (QED) is 0.370. The number of likely N-dealkylation sites (tertiary alicyclic amines) is 3. The van der Waals surface area contributed by atoms with Gasteiger partial charge in [0, 0.05) is 38.9 Å². The van der Waals surface area contributed by atoms with Gasteiger partial charge >= 0.3 is 0 Å². The molecule has 0 aromatic heterocycles. The van der Waals surface area contributed by atoms with Crippen molar-refractivity contribution in [1.82, 2.24) is 14.7 Å². The van der Waals surface area contributed by atoms with Crippen molar-refractivity contribution in [3.63, 3.8) is 0 Å². The van der Waals surface area contributed by atoms with Crippen molar-refractivity contribution in [2.75, 3.05) is 19.6 Å². The summed E-state index contributed by atoms with van der Waals surface area (Å²) in [6.07, 6.45) is 3.45. The van der Waals surface area contributed by atoms with Crippen LogP contribution in [0.5, 0.6) is 0 Å². The molecule has 222 valence electrons. The van der Waals surface area contributed by atoms with Crippen LogP contribution < -0.4 is 17.2 Å². The van der Waals surface area contributed by atoms with Crippen LogP contribution in [0.3, 0.4) is 0 Å². The molecule has 0 aliphatic carbocycles. The minimum atomic E-state index is -0.405. The average molecular weight is 553 g/mol. The molecule has 0 saturated carbocycles. The summed E-state index contributed by atoms with van der Waals surface area (Å²) in [5.41, 5.74) is 15.6. The predicted molar refractivity (Wildman–Crippen MR) is 146 cm³/mol. The van der Waals surface area contributed by atoms with Crippen molar-refractivity contribution in [1.29, 1.82) is 0 Å². The lowest BCUT2D eigenvalue weighted by Crippen LogP contribution is -2.45. The van der Waals surface area contributed by atoms with Crippen LogP contribution in [-0.2, 0) is 28.8 Å². The molecule has 0 aromatic rings. The minimum absolute atomic E-state index is 0.0538. The number of hydrogen-bond acceptors (Lipinski definition) is 6. The highest BCUT2D eigenvalue weighted by atomic mass is 16.2. The van der Waals surface area contributed by atoms with Gasteiger partial charge in [0.1, 0.15) is 18.1 Å². The van der Waals surface area contributed by atoms with E-state index in [1.165, 1.54) is 0 Å². The molecule has 12 nitrogen and oxygen atoms in total. The van der Waals surface area contributed by atoms with Gasteiger partial charge in [0.05, 0.1) is 0 Å². The second-order valence-corrected chi connectivity index (χ2v) is 11.0. The first kappa shape index (κ1) is 33.8. The van der Waals surface area contributed by atoms with E-state index in [1.54, 1.807) is 14.7 Å². The third-order valence-corrected chi connectivity index (χ3v) is 7.33. The van der Waals surface area contributed by atoms with Crippen molar-refractivity contribution in [2.45, 2.75) is 98.2 Å². The number of carbonyl (C=O) groups excluding carboxylic acids is 6. The lowest BCUT2D eigenvalue weighted by Gasteiger charge is -2.23. The molecule has 6 atom stereocenters. The van der Waals surface area contributed by atoms with Crippen LogP contribution in [0.15, 0.2) is 0 Å². The Morgan fingerprint density at radius 2 is 0.795 bits per heavy atom. The third kappa shape index (κ3) is 9.50. The van der Waals surface area contributed by atoms with Crippen molar-refractivity contribution in [3.8, 4) is 0 Å². The standard InChI is InChI=1S/3C9H16N2O2/c3*1-3-7(9(10)13)11-5-6(2)4-8(11)12/h3*6-7H,3-5H2,1-2H3,(H2,10,13)/t2*6?,7-;/m00./s1. The normalized spacial score (nSPS) is 24.9. The largest absolute Gasteiger partial charge is 0.368 e. The molecule has 3 fully saturated rings. The number of primary amides is 3. The highest BCUT2D eigenvalue weighted by Gasteiger charge is 2.35. The van der Waals surface area contributed by atoms with Crippen LogP contribution in [0.2, 0.25) is 0 Å². The van der Waals surface area contributed by atoms with Gasteiger partial charge in [0.2, 0.25) is 35.4 Å². The fraction of sp³-hybridized carbons (Fsp3) is 0.778. The molecule has 3 saturated heterocycles. The Morgan fingerprint density at radius 1 is 0.590 bits per heavy atom. The Labute approximate surface area is 231 Å². The van der Waals surface area contributed by atoms with Crippen LogP contribution in [-0.4, -0.2) is 87.9 Å². The van der Waals surface area contributed by atoms with E-state index in [2.05, 4.69) is 0 Å². The lowest BCUT2D eigenvalue weighted by atomic mass is 10.1. The Kier molecular flexibility index (Phi) is 13.4. The molecular formula is C27H48N6O6. The smallest absolute Gasteiger partial charge is 0.240 e. The molecule has 12 heteroatoms. The van der Waals surface area contributed by atoms with Gasteiger partial charge in [-0.05, 0) is 37.0 Å². The second-order valence-electron chi connectivity index (χ2n) is 11.0. The van der Waals surface area contributed by atoms with Gasteiger partial charge in [-0.25, -0.2) is 0 Å².